The molecule has 1 N–H and O–H groups in total. The average molecular weight is 451 g/mol. The van der Waals surface area contributed by atoms with E-state index >= 15 is 0 Å². The van der Waals surface area contributed by atoms with Gasteiger partial charge in [0.15, 0.2) is 0 Å². The van der Waals surface area contributed by atoms with E-state index in [1.807, 2.05) is 31.2 Å². The van der Waals surface area contributed by atoms with Crippen LogP contribution >= 0.6 is 11.3 Å². The highest BCUT2D eigenvalue weighted by atomic mass is 32.2. The number of sulfonamides is 1. The van der Waals surface area contributed by atoms with Crippen LogP contribution in [0, 0.1) is 12.8 Å². The molecular formula is C21H26N2O5S2. The van der Waals surface area contributed by atoms with E-state index in [0.29, 0.717) is 36.5 Å². The number of hydrogen-bond donors (Lipinski definition) is 1. The highest BCUT2D eigenvalue weighted by Crippen LogP contribution is 2.36. The van der Waals surface area contributed by atoms with Crippen LogP contribution in [-0.4, -0.2) is 50.6 Å². The Balaban J connectivity index is 1.79. The molecule has 9 heteroatoms. The quantitative estimate of drug-likeness (QED) is 0.680. The standard InChI is InChI=1S/C21H26N2O5S2/c1-4-28-21(25)19-17(13-18(29-19)15-7-5-14(2)6-8-15)22-20(24)16-9-11-23(12-10-16)30(3,26)27/h5-8,13,16H,4,9-12H2,1-3H3,(H,22,24). The Kier molecular flexibility index (Phi) is 6.95. The van der Waals surface area contributed by atoms with Gasteiger partial charge in [0.05, 0.1) is 18.6 Å². The number of carbonyl (C=O) groups is 2. The van der Waals surface area contributed by atoms with Gasteiger partial charge in [-0.3, -0.25) is 4.79 Å². The number of benzene rings is 1. The Morgan fingerprint density at radius 3 is 2.40 bits per heavy atom. The first-order valence-corrected chi connectivity index (χ1v) is 12.5. The van der Waals surface area contributed by atoms with Crippen molar-refractivity contribution in [2.75, 3.05) is 31.3 Å². The van der Waals surface area contributed by atoms with E-state index in [4.69, 9.17) is 4.74 Å². The minimum Gasteiger partial charge on any atom is -0.462 e. The van der Waals surface area contributed by atoms with Crippen LogP contribution in [-0.2, 0) is 19.6 Å². The summed E-state index contributed by atoms with van der Waals surface area (Å²) in [4.78, 5) is 26.5. The number of nitrogens with one attached hydrogen (secondary N) is 1. The van der Waals surface area contributed by atoms with Crippen LogP contribution in [0.15, 0.2) is 30.3 Å². The van der Waals surface area contributed by atoms with Gasteiger partial charge in [-0.25, -0.2) is 17.5 Å². The molecule has 7 nitrogen and oxygen atoms in total. The molecular weight excluding hydrogens is 424 g/mol. The molecule has 0 saturated carbocycles. The zero-order valence-electron chi connectivity index (χ0n) is 17.3. The number of anilines is 1. The normalized spacial score (nSPS) is 15.7. The fraction of sp³-hybridized carbons (Fsp3) is 0.429. The number of esters is 1. The van der Waals surface area contributed by atoms with Gasteiger partial charge in [-0.2, -0.15) is 0 Å². The van der Waals surface area contributed by atoms with E-state index in [1.165, 1.54) is 21.9 Å². The SMILES string of the molecule is CCOC(=O)c1sc(-c2ccc(C)cc2)cc1NC(=O)C1CCN(S(C)(=O)=O)CC1. The number of aryl methyl sites for hydroxylation is 1. The summed E-state index contributed by atoms with van der Waals surface area (Å²) in [5.74, 6) is -0.981. The number of ether oxygens (including phenoxy) is 1. The molecule has 0 radical (unpaired) electrons. The lowest BCUT2D eigenvalue weighted by Gasteiger charge is -2.29. The lowest BCUT2D eigenvalue weighted by molar-refractivity contribution is -0.120. The molecule has 1 aliphatic rings. The molecule has 1 fully saturated rings. The second-order valence-electron chi connectivity index (χ2n) is 7.37. The minimum atomic E-state index is -3.25. The molecule has 1 saturated heterocycles. The van der Waals surface area contributed by atoms with Gasteiger partial charge in [0.2, 0.25) is 15.9 Å². The van der Waals surface area contributed by atoms with Gasteiger partial charge in [0, 0.05) is 23.9 Å². The summed E-state index contributed by atoms with van der Waals surface area (Å²) in [7, 11) is -3.25. The molecule has 0 aliphatic carbocycles. The van der Waals surface area contributed by atoms with Crippen molar-refractivity contribution < 1.29 is 22.7 Å². The van der Waals surface area contributed by atoms with Crippen LogP contribution in [0.4, 0.5) is 5.69 Å². The van der Waals surface area contributed by atoms with Crippen LogP contribution in [0.5, 0.6) is 0 Å². The molecule has 1 amide bonds. The van der Waals surface area contributed by atoms with E-state index in [2.05, 4.69) is 5.32 Å². The lowest BCUT2D eigenvalue weighted by atomic mass is 9.97. The highest BCUT2D eigenvalue weighted by Gasteiger charge is 2.30. The third-order valence-electron chi connectivity index (χ3n) is 5.08. The third kappa shape index (κ3) is 5.27. The van der Waals surface area contributed by atoms with Crippen molar-refractivity contribution >= 4 is 38.9 Å². The van der Waals surface area contributed by atoms with Crippen LogP contribution < -0.4 is 5.32 Å². The molecule has 3 rings (SSSR count). The molecule has 1 aliphatic heterocycles. The van der Waals surface area contributed by atoms with Gasteiger partial charge in [-0.1, -0.05) is 29.8 Å². The molecule has 0 unspecified atom stereocenters. The Morgan fingerprint density at radius 2 is 1.83 bits per heavy atom. The van der Waals surface area contributed by atoms with Gasteiger partial charge in [-0.05, 0) is 38.3 Å². The monoisotopic (exact) mass is 450 g/mol. The third-order valence-corrected chi connectivity index (χ3v) is 7.55. The molecule has 2 aromatic rings. The van der Waals surface area contributed by atoms with Crippen molar-refractivity contribution in [1.82, 2.24) is 4.31 Å². The van der Waals surface area contributed by atoms with Crippen molar-refractivity contribution in [3.05, 3.63) is 40.8 Å². The maximum absolute atomic E-state index is 12.8. The predicted molar refractivity (Wildman–Crippen MR) is 118 cm³/mol. The molecule has 0 atom stereocenters. The summed E-state index contributed by atoms with van der Waals surface area (Å²) in [6, 6.07) is 9.73. The van der Waals surface area contributed by atoms with Gasteiger partial charge in [0.1, 0.15) is 4.88 Å². The van der Waals surface area contributed by atoms with Crippen molar-refractivity contribution in [2.24, 2.45) is 5.92 Å². The maximum atomic E-state index is 12.8. The summed E-state index contributed by atoms with van der Waals surface area (Å²) < 4.78 is 29.9. The Bertz CT molecular complexity index is 1020. The molecule has 1 aromatic carbocycles. The number of rotatable bonds is 6. The summed E-state index contributed by atoms with van der Waals surface area (Å²) in [5, 5.41) is 2.88. The first-order chi connectivity index (χ1) is 14.2. The van der Waals surface area contributed by atoms with E-state index in [-0.39, 0.29) is 18.4 Å². The number of hydrogen-bond acceptors (Lipinski definition) is 6. The van der Waals surface area contributed by atoms with E-state index in [9.17, 15) is 18.0 Å². The fourth-order valence-electron chi connectivity index (χ4n) is 3.38. The topological polar surface area (TPSA) is 92.8 Å². The Morgan fingerprint density at radius 1 is 1.20 bits per heavy atom. The van der Waals surface area contributed by atoms with Crippen molar-refractivity contribution in [3.8, 4) is 10.4 Å². The van der Waals surface area contributed by atoms with Gasteiger partial charge in [-0.15, -0.1) is 11.3 Å². The van der Waals surface area contributed by atoms with Crippen molar-refractivity contribution in [2.45, 2.75) is 26.7 Å². The Hall–Kier alpha value is -2.23. The van der Waals surface area contributed by atoms with Crippen LogP contribution in [0.2, 0.25) is 0 Å². The van der Waals surface area contributed by atoms with Gasteiger partial charge < -0.3 is 10.1 Å². The largest absolute Gasteiger partial charge is 0.462 e. The second kappa shape index (κ2) is 9.28. The Labute approximate surface area is 181 Å². The van der Waals surface area contributed by atoms with Crippen LogP contribution in [0.1, 0.15) is 35.0 Å². The first kappa shape index (κ1) is 22.5. The minimum absolute atomic E-state index is 0.207. The molecule has 162 valence electrons. The average Bonchev–Trinajstić information content (AvgIpc) is 3.12. The van der Waals surface area contributed by atoms with E-state index < -0.39 is 16.0 Å². The maximum Gasteiger partial charge on any atom is 0.350 e. The van der Waals surface area contributed by atoms with Crippen molar-refractivity contribution in [1.29, 1.82) is 0 Å². The summed E-state index contributed by atoms with van der Waals surface area (Å²) in [6.45, 7) is 4.62. The van der Waals surface area contributed by atoms with Gasteiger partial charge in [0.25, 0.3) is 0 Å². The number of carbonyl (C=O) groups excluding carboxylic acids is 2. The van der Waals surface area contributed by atoms with Crippen LogP contribution in [0.3, 0.4) is 0 Å². The highest BCUT2D eigenvalue weighted by molar-refractivity contribution is 7.88. The molecule has 1 aromatic heterocycles. The zero-order valence-corrected chi connectivity index (χ0v) is 18.9. The lowest BCUT2D eigenvalue weighted by Crippen LogP contribution is -2.40. The predicted octanol–water partition coefficient (Wildman–Crippen LogP) is 3.51. The number of piperidine rings is 1. The molecule has 0 spiro atoms. The number of thiophene rings is 1. The molecule has 0 bridgehead atoms. The number of nitrogens with zero attached hydrogens (tertiary/aromatic N) is 1. The van der Waals surface area contributed by atoms with Crippen LogP contribution in [0.25, 0.3) is 10.4 Å². The first-order valence-electron chi connectivity index (χ1n) is 9.83. The summed E-state index contributed by atoms with van der Waals surface area (Å²) in [6.07, 6.45) is 2.07. The second-order valence-corrected chi connectivity index (χ2v) is 10.4. The summed E-state index contributed by atoms with van der Waals surface area (Å²) in [5.41, 5.74) is 2.53. The fourth-order valence-corrected chi connectivity index (χ4v) is 5.26. The van der Waals surface area contributed by atoms with Gasteiger partial charge >= 0.3 is 5.97 Å². The van der Waals surface area contributed by atoms with E-state index in [0.717, 1.165) is 16.0 Å². The zero-order chi connectivity index (χ0) is 21.9. The smallest absolute Gasteiger partial charge is 0.350 e. The van der Waals surface area contributed by atoms with Crippen molar-refractivity contribution in [3.63, 3.8) is 0 Å². The summed E-state index contributed by atoms with van der Waals surface area (Å²) >= 11 is 1.28. The number of amides is 1. The molecule has 2 heterocycles. The van der Waals surface area contributed by atoms with E-state index in [1.54, 1.807) is 13.0 Å². The molecule has 30 heavy (non-hydrogen) atoms.